The van der Waals surface area contributed by atoms with Crippen LogP contribution in [0.4, 0.5) is 5.69 Å². The van der Waals surface area contributed by atoms with Gasteiger partial charge in [0.15, 0.2) is 0 Å². The van der Waals surface area contributed by atoms with Crippen molar-refractivity contribution in [2.75, 3.05) is 18.4 Å². The fourth-order valence-corrected chi connectivity index (χ4v) is 3.92. The normalized spacial score (nSPS) is 11.0. The predicted molar refractivity (Wildman–Crippen MR) is 118 cm³/mol. The largest absolute Gasteiger partial charge is 0.497 e. The van der Waals surface area contributed by atoms with Crippen molar-refractivity contribution < 1.29 is 17.9 Å². The highest BCUT2D eigenvalue weighted by molar-refractivity contribution is 7.92. The smallest absolute Gasteiger partial charge is 0.261 e. The van der Waals surface area contributed by atoms with Gasteiger partial charge in [0, 0.05) is 22.8 Å². The van der Waals surface area contributed by atoms with Crippen LogP contribution in [0.1, 0.15) is 15.9 Å². The molecule has 0 heterocycles. The van der Waals surface area contributed by atoms with Gasteiger partial charge in [-0.05, 0) is 72.6 Å². The van der Waals surface area contributed by atoms with Crippen molar-refractivity contribution in [3.63, 3.8) is 0 Å². The van der Waals surface area contributed by atoms with Crippen molar-refractivity contribution >= 4 is 33.2 Å². The van der Waals surface area contributed by atoms with E-state index >= 15 is 0 Å². The summed E-state index contributed by atoms with van der Waals surface area (Å²) < 4.78 is 32.4. The van der Waals surface area contributed by atoms with E-state index in [-0.39, 0.29) is 10.8 Å². The van der Waals surface area contributed by atoms with Crippen LogP contribution in [0, 0.1) is 0 Å². The third kappa shape index (κ3) is 5.75. The van der Waals surface area contributed by atoms with Crippen LogP contribution in [0.15, 0.2) is 77.7 Å². The molecule has 0 aromatic heterocycles. The van der Waals surface area contributed by atoms with Crippen LogP contribution in [0.3, 0.4) is 0 Å². The predicted octanol–water partition coefficient (Wildman–Crippen LogP) is 4.12. The van der Waals surface area contributed by atoms with E-state index in [1.165, 1.54) is 24.3 Å². The fraction of sp³-hybridized carbons (Fsp3) is 0.136. The van der Waals surface area contributed by atoms with Gasteiger partial charge in [0.2, 0.25) is 0 Å². The Morgan fingerprint density at radius 2 is 1.57 bits per heavy atom. The number of anilines is 1. The van der Waals surface area contributed by atoms with Crippen molar-refractivity contribution in [1.29, 1.82) is 0 Å². The summed E-state index contributed by atoms with van der Waals surface area (Å²) in [5.41, 5.74) is 1.89. The van der Waals surface area contributed by atoms with Crippen molar-refractivity contribution in [1.82, 2.24) is 5.32 Å². The first-order valence-corrected chi connectivity index (χ1v) is 11.0. The molecule has 0 spiro atoms. The molecule has 0 unspecified atom stereocenters. The molecule has 0 saturated carbocycles. The number of halogens is 1. The van der Waals surface area contributed by atoms with Crippen molar-refractivity contribution in [2.45, 2.75) is 11.3 Å². The summed E-state index contributed by atoms with van der Waals surface area (Å²) in [4.78, 5) is 12.4. The second kappa shape index (κ2) is 9.65. The van der Waals surface area contributed by atoms with Crippen LogP contribution in [0.2, 0.25) is 5.02 Å². The van der Waals surface area contributed by atoms with Crippen molar-refractivity contribution in [2.24, 2.45) is 0 Å². The number of amides is 1. The molecule has 8 heteroatoms. The standard InChI is InChI=1S/C22H21ClN2O4S/c1-29-20-10-2-16(3-11-20)14-15-24-22(26)17-4-8-19(9-5-17)25-30(27,28)21-12-6-18(23)7-13-21/h2-13,25H,14-15H2,1H3,(H,24,26). The zero-order valence-corrected chi connectivity index (χ0v) is 17.8. The first-order valence-electron chi connectivity index (χ1n) is 9.17. The molecule has 0 bridgehead atoms. The summed E-state index contributed by atoms with van der Waals surface area (Å²) >= 11 is 5.79. The van der Waals surface area contributed by atoms with Crippen LogP contribution < -0.4 is 14.8 Å². The highest BCUT2D eigenvalue weighted by Crippen LogP contribution is 2.19. The summed E-state index contributed by atoms with van der Waals surface area (Å²) in [7, 11) is -2.12. The van der Waals surface area contributed by atoms with Crippen LogP contribution in [0.25, 0.3) is 0 Å². The second-order valence-electron chi connectivity index (χ2n) is 6.49. The van der Waals surface area contributed by atoms with Gasteiger partial charge in [-0.15, -0.1) is 0 Å². The lowest BCUT2D eigenvalue weighted by Crippen LogP contribution is -2.25. The van der Waals surface area contributed by atoms with Crippen LogP contribution >= 0.6 is 11.6 Å². The minimum absolute atomic E-state index is 0.104. The van der Waals surface area contributed by atoms with Crippen LogP contribution in [-0.2, 0) is 16.4 Å². The zero-order chi connectivity index (χ0) is 21.6. The molecule has 1 amide bonds. The maximum atomic E-state index is 12.4. The molecule has 30 heavy (non-hydrogen) atoms. The Morgan fingerprint density at radius 1 is 0.933 bits per heavy atom. The molecule has 2 N–H and O–H groups in total. The minimum Gasteiger partial charge on any atom is -0.497 e. The zero-order valence-electron chi connectivity index (χ0n) is 16.3. The Morgan fingerprint density at radius 3 is 2.17 bits per heavy atom. The molecule has 0 saturated heterocycles. The lowest BCUT2D eigenvalue weighted by molar-refractivity contribution is 0.0954. The minimum atomic E-state index is -3.73. The number of rotatable bonds is 8. The lowest BCUT2D eigenvalue weighted by atomic mass is 10.1. The molecule has 0 aliphatic rings. The highest BCUT2D eigenvalue weighted by atomic mass is 35.5. The van der Waals surface area contributed by atoms with Crippen LogP contribution in [0.5, 0.6) is 5.75 Å². The van der Waals surface area contributed by atoms with Crippen LogP contribution in [-0.4, -0.2) is 28.0 Å². The number of sulfonamides is 1. The van der Waals surface area contributed by atoms with E-state index in [2.05, 4.69) is 10.0 Å². The molecule has 3 rings (SSSR count). The number of hydrogen-bond acceptors (Lipinski definition) is 4. The third-order valence-corrected chi connectivity index (χ3v) is 6.03. The van der Waals surface area contributed by atoms with E-state index in [0.717, 1.165) is 11.3 Å². The van der Waals surface area contributed by atoms with E-state index in [1.54, 1.807) is 31.4 Å². The third-order valence-electron chi connectivity index (χ3n) is 4.38. The first-order chi connectivity index (χ1) is 14.4. The quantitative estimate of drug-likeness (QED) is 0.547. The lowest BCUT2D eigenvalue weighted by Gasteiger charge is -2.10. The average Bonchev–Trinajstić information content (AvgIpc) is 2.74. The van der Waals surface area contributed by atoms with Gasteiger partial charge in [0.25, 0.3) is 15.9 Å². The topological polar surface area (TPSA) is 84.5 Å². The number of nitrogens with one attached hydrogen (secondary N) is 2. The Bertz CT molecular complexity index is 1100. The summed E-state index contributed by atoms with van der Waals surface area (Å²) in [6.07, 6.45) is 0.689. The molecule has 0 aliphatic heterocycles. The van der Waals surface area contributed by atoms with E-state index in [0.29, 0.717) is 29.2 Å². The molecule has 3 aromatic carbocycles. The SMILES string of the molecule is COc1ccc(CCNC(=O)c2ccc(NS(=O)(=O)c3ccc(Cl)cc3)cc2)cc1. The number of carbonyl (C=O) groups excluding carboxylic acids is 1. The van der Waals surface area contributed by atoms with Gasteiger partial charge in [-0.3, -0.25) is 9.52 Å². The van der Waals surface area contributed by atoms with Gasteiger partial charge < -0.3 is 10.1 Å². The molecular formula is C22H21ClN2O4S. The van der Waals surface area contributed by atoms with Gasteiger partial charge in [-0.25, -0.2) is 8.42 Å². The van der Waals surface area contributed by atoms with Gasteiger partial charge in [0.1, 0.15) is 5.75 Å². The maximum absolute atomic E-state index is 12.4. The molecule has 0 fully saturated rings. The summed E-state index contributed by atoms with van der Waals surface area (Å²) in [5, 5.41) is 3.31. The second-order valence-corrected chi connectivity index (χ2v) is 8.61. The van der Waals surface area contributed by atoms with Gasteiger partial charge in [-0.2, -0.15) is 0 Å². The highest BCUT2D eigenvalue weighted by Gasteiger charge is 2.14. The molecule has 0 radical (unpaired) electrons. The Hall–Kier alpha value is -3.03. The Kier molecular flexibility index (Phi) is 6.97. The number of methoxy groups -OCH3 is 1. The van der Waals surface area contributed by atoms with E-state index in [1.807, 2.05) is 24.3 Å². The van der Waals surface area contributed by atoms with Gasteiger partial charge in [0.05, 0.1) is 12.0 Å². The first kappa shape index (κ1) is 21.7. The maximum Gasteiger partial charge on any atom is 0.261 e. The summed E-state index contributed by atoms with van der Waals surface area (Å²) in [6, 6.07) is 19.8. The van der Waals surface area contributed by atoms with E-state index in [9.17, 15) is 13.2 Å². The number of carbonyl (C=O) groups is 1. The van der Waals surface area contributed by atoms with Crippen molar-refractivity contribution in [3.8, 4) is 5.75 Å². The molecule has 0 atom stereocenters. The molecule has 156 valence electrons. The number of hydrogen-bond donors (Lipinski definition) is 2. The fourth-order valence-electron chi connectivity index (χ4n) is 2.73. The molecule has 0 aliphatic carbocycles. The van der Waals surface area contributed by atoms with E-state index < -0.39 is 10.0 Å². The average molecular weight is 445 g/mol. The van der Waals surface area contributed by atoms with Gasteiger partial charge in [-0.1, -0.05) is 23.7 Å². The van der Waals surface area contributed by atoms with Gasteiger partial charge >= 0.3 is 0 Å². The van der Waals surface area contributed by atoms with Crippen molar-refractivity contribution in [3.05, 3.63) is 88.9 Å². The Labute approximate surface area is 180 Å². The molecular weight excluding hydrogens is 424 g/mol. The number of benzene rings is 3. The molecule has 6 nitrogen and oxygen atoms in total. The van der Waals surface area contributed by atoms with E-state index in [4.69, 9.17) is 16.3 Å². The summed E-state index contributed by atoms with van der Waals surface area (Å²) in [5.74, 6) is 0.560. The summed E-state index contributed by atoms with van der Waals surface area (Å²) in [6.45, 7) is 0.482. The Balaban J connectivity index is 1.55. The molecule has 3 aromatic rings. The number of ether oxygens (including phenoxy) is 1. The monoisotopic (exact) mass is 444 g/mol.